The number of hydrogen-bond donors (Lipinski definition) is 2. The molecule has 2 nitrogen and oxygen atoms in total. The molecule has 194 valence electrons. The van der Waals surface area contributed by atoms with E-state index < -0.39 is 0 Å². The topological polar surface area (TPSA) is 40.5 Å². The lowest BCUT2D eigenvalue weighted by Gasteiger charge is -2.16. The highest BCUT2D eigenvalue weighted by Crippen LogP contribution is 2.23. The zero-order chi connectivity index (χ0) is 25.8. The van der Waals surface area contributed by atoms with Crippen molar-refractivity contribution in [2.45, 2.75) is 112 Å². The summed E-state index contributed by atoms with van der Waals surface area (Å²) in [5.41, 5.74) is 8.12. The molecular weight excluding hydrogens is 416 g/mol. The Bertz CT molecular complexity index is 707. The second kappa shape index (κ2) is 20.7. The number of rotatable bonds is 19. The van der Waals surface area contributed by atoms with Crippen LogP contribution in [0.25, 0.3) is 0 Å². The number of hydrogen-bond acceptors (Lipinski definition) is 2. The summed E-state index contributed by atoms with van der Waals surface area (Å²) in [5.74, 6) is 0.156. The molecule has 1 unspecified atom stereocenters. The monoisotopic (exact) mass is 470 g/mol. The van der Waals surface area contributed by atoms with Crippen LogP contribution in [0.3, 0.4) is 0 Å². The molecule has 1 atom stereocenters. The molecule has 2 heteroatoms. The molecule has 0 aromatic carbocycles. The predicted octanol–water partition coefficient (Wildman–Crippen LogP) is 9.19. The molecule has 34 heavy (non-hydrogen) atoms. The third kappa shape index (κ3) is 18.7. The lowest BCUT2D eigenvalue weighted by molar-refractivity contribution is 0.238. The van der Waals surface area contributed by atoms with Gasteiger partial charge >= 0.3 is 0 Å². The molecule has 0 saturated heterocycles. The molecule has 0 heterocycles. The minimum absolute atomic E-state index is 0.156. The molecule has 0 aromatic rings. The molecule has 0 aliphatic heterocycles. The zero-order valence-corrected chi connectivity index (χ0v) is 23.3. The maximum absolute atomic E-state index is 9.89. The first-order chi connectivity index (χ1) is 16.2. The van der Waals surface area contributed by atoms with Crippen LogP contribution in [-0.4, -0.2) is 23.4 Å². The summed E-state index contributed by atoms with van der Waals surface area (Å²) in [6, 6.07) is 0. The van der Waals surface area contributed by atoms with Gasteiger partial charge in [0, 0.05) is 19.1 Å². The van der Waals surface area contributed by atoms with Crippen molar-refractivity contribution in [3.8, 4) is 0 Å². The first kappa shape index (κ1) is 32.4. The van der Waals surface area contributed by atoms with Crippen molar-refractivity contribution in [2.24, 2.45) is 5.92 Å². The van der Waals surface area contributed by atoms with E-state index >= 15 is 0 Å². The van der Waals surface area contributed by atoms with E-state index in [9.17, 15) is 10.2 Å². The molecule has 0 aromatic heterocycles. The van der Waals surface area contributed by atoms with Crippen LogP contribution in [0.5, 0.6) is 0 Å². The Morgan fingerprint density at radius 2 is 1.12 bits per heavy atom. The summed E-state index contributed by atoms with van der Waals surface area (Å²) in [7, 11) is 0. The van der Waals surface area contributed by atoms with Crippen LogP contribution < -0.4 is 0 Å². The number of allylic oxidation sites excluding steroid dienone is 9. The fourth-order valence-corrected chi connectivity index (χ4v) is 3.98. The number of aliphatic hydroxyl groups excluding tert-OH is 2. The standard InChI is InChI=1S/C32H54O2/c1-26(2)13-8-15-28(5)17-10-19-30(7)32(25-34)22-12-21-31(23-24-33)20-11-18-29(6)16-9-14-27(3)4/h13-14,17-18,21,32-34H,7-12,15-16,19-20,22-25H2,1-6H3/b28-17+,29-18+,31-21+. The maximum atomic E-state index is 9.89. The summed E-state index contributed by atoms with van der Waals surface area (Å²) in [6.07, 6.45) is 22.6. The summed E-state index contributed by atoms with van der Waals surface area (Å²) in [5, 5.41) is 19.3. The largest absolute Gasteiger partial charge is 0.396 e. The van der Waals surface area contributed by atoms with Gasteiger partial charge in [-0.15, -0.1) is 0 Å². The van der Waals surface area contributed by atoms with Crippen molar-refractivity contribution in [3.63, 3.8) is 0 Å². The predicted molar refractivity (Wildman–Crippen MR) is 152 cm³/mol. The van der Waals surface area contributed by atoms with Gasteiger partial charge in [-0.1, -0.05) is 70.4 Å². The van der Waals surface area contributed by atoms with Crippen LogP contribution in [0.15, 0.2) is 70.4 Å². The highest BCUT2D eigenvalue weighted by molar-refractivity contribution is 5.09. The van der Waals surface area contributed by atoms with Gasteiger partial charge in [0.1, 0.15) is 0 Å². The summed E-state index contributed by atoms with van der Waals surface area (Å²) < 4.78 is 0. The Labute approximate surface area is 212 Å². The Kier molecular flexibility index (Phi) is 19.7. The second-order valence-corrected chi connectivity index (χ2v) is 10.3. The highest BCUT2D eigenvalue weighted by Gasteiger charge is 2.10. The normalized spacial score (nSPS) is 13.6. The molecule has 0 aliphatic rings. The molecular formula is C32H54O2. The van der Waals surface area contributed by atoms with Gasteiger partial charge in [0.2, 0.25) is 0 Å². The molecule has 2 N–H and O–H groups in total. The molecule has 0 amide bonds. The van der Waals surface area contributed by atoms with Gasteiger partial charge in [0.25, 0.3) is 0 Å². The van der Waals surface area contributed by atoms with Crippen LogP contribution in [0.2, 0.25) is 0 Å². The molecule has 0 radical (unpaired) electrons. The molecule has 0 rings (SSSR count). The molecule has 0 saturated carbocycles. The van der Waals surface area contributed by atoms with Crippen LogP contribution in [-0.2, 0) is 0 Å². The van der Waals surface area contributed by atoms with E-state index in [4.69, 9.17) is 0 Å². The Morgan fingerprint density at radius 3 is 1.59 bits per heavy atom. The van der Waals surface area contributed by atoms with E-state index in [0.29, 0.717) is 0 Å². The van der Waals surface area contributed by atoms with Gasteiger partial charge in [-0.3, -0.25) is 0 Å². The third-order valence-electron chi connectivity index (χ3n) is 6.28. The van der Waals surface area contributed by atoms with Crippen molar-refractivity contribution in [1.82, 2.24) is 0 Å². The molecule has 0 bridgehead atoms. The van der Waals surface area contributed by atoms with Crippen molar-refractivity contribution in [1.29, 1.82) is 0 Å². The van der Waals surface area contributed by atoms with Crippen LogP contribution >= 0.6 is 0 Å². The fraction of sp³-hybridized carbons (Fsp3) is 0.625. The molecule has 0 aliphatic carbocycles. The smallest absolute Gasteiger partial charge is 0.0496 e. The molecule has 0 fully saturated rings. The van der Waals surface area contributed by atoms with Crippen LogP contribution in [0.4, 0.5) is 0 Å². The van der Waals surface area contributed by atoms with Gasteiger partial charge in [-0.2, -0.15) is 0 Å². The van der Waals surface area contributed by atoms with Crippen LogP contribution in [0, 0.1) is 5.92 Å². The van der Waals surface area contributed by atoms with Crippen molar-refractivity contribution < 1.29 is 10.2 Å². The fourth-order valence-electron chi connectivity index (χ4n) is 3.98. The van der Waals surface area contributed by atoms with Gasteiger partial charge in [0.05, 0.1) is 0 Å². The van der Waals surface area contributed by atoms with E-state index in [1.54, 1.807) is 0 Å². The lowest BCUT2D eigenvalue weighted by atomic mass is 9.91. The third-order valence-corrected chi connectivity index (χ3v) is 6.28. The van der Waals surface area contributed by atoms with Crippen LogP contribution in [0.1, 0.15) is 112 Å². The van der Waals surface area contributed by atoms with E-state index in [0.717, 1.165) is 76.2 Å². The van der Waals surface area contributed by atoms with Gasteiger partial charge in [0.15, 0.2) is 0 Å². The second-order valence-electron chi connectivity index (χ2n) is 10.3. The Hall–Kier alpha value is -1.64. The van der Waals surface area contributed by atoms with Crippen molar-refractivity contribution in [3.05, 3.63) is 70.4 Å². The van der Waals surface area contributed by atoms with Gasteiger partial charge in [-0.05, 0) is 112 Å². The van der Waals surface area contributed by atoms with E-state index in [1.165, 1.54) is 27.9 Å². The van der Waals surface area contributed by atoms with E-state index in [-0.39, 0.29) is 19.1 Å². The first-order valence-electron chi connectivity index (χ1n) is 13.3. The zero-order valence-electron chi connectivity index (χ0n) is 23.3. The molecule has 0 spiro atoms. The lowest BCUT2D eigenvalue weighted by Crippen LogP contribution is -2.08. The summed E-state index contributed by atoms with van der Waals surface area (Å²) in [6.45, 7) is 17.6. The minimum Gasteiger partial charge on any atom is -0.396 e. The average molecular weight is 471 g/mol. The van der Waals surface area contributed by atoms with Gasteiger partial charge < -0.3 is 10.2 Å². The first-order valence-corrected chi connectivity index (χ1v) is 13.3. The van der Waals surface area contributed by atoms with Crippen molar-refractivity contribution in [2.75, 3.05) is 13.2 Å². The highest BCUT2D eigenvalue weighted by atomic mass is 16.3. The Balaban J connectivity index is 4.54. The Morgan fingerprint density at radius 1 is 0.618 bits per heavy atom. The summed E-state index contributed by atoms with van der Waals surface area (Å²) in [4.78, 5) is 0. The number of aliphatic hydroxyl groups is 2. The van der Waals surface area contributed by atoms with E-state index in [1.807, 2.05) is 0 Å². The minimum atomic E-state index is 0.156. The van der Waals surface area contributed by atoms with E-state index in [2.05, 4.69) is 78.5 Å². The van der Waals surface area contributed by atoms with Crippen molar-refractivity contribution >= 4 is 0 Å². The summed E-state index contributed by atoms with van der Waals surface area (Å²) >= 11 is 0. The maximum Gasteiger partial charge on any atom is 0.0496 e. The SMILES string of the molecule is C=C(CC/C=C(\C)CCC=C(C)C)C(CO)CC/C=C(/CCO)CC/C=C(\C)CCC=C(C)C. The quantitative estimate of drug-likeness (QED) is 0.185. The average Bonchev–Trinajstić information content (AvgIpc) is 2.76. The van der Waals surface area contributed by atoms with Gasteiger partial charge in [-0.25, -0.2) is 0 Å².